The molecule has 0 saturated carbocycles. The summed E-state index contributed by atoms with van der Waals surface area (Å²) in [6.07, 6.45) is 1.43. The van der Waals surface area contributed by atoms with Crippen LogP contribution in [0.2, 0.25) is 0 Å². The zero-order chi connectivity index (χ0) is 14.4. The first-order valence-electron chi connectivity index (χ1n) is 5.58. The van der Waals surface area contributed by atoms with Crippen molar-refractivity contribution < 1.29 is 13.5 Å². The lowest BCUT2D eigenvalue weighted by atomic mass is 10.0. The van der Waals surface area contributed by atoms with Crippen molar-refractivity contribution in [1.29, 1.82) is 0 Å². The molecule has 0 aliphatic rings. The van der Waals surface area contributed by atoms with Crippen LogP contribution in [0.15, 0.2) is 27.3 Å². The molecule has 2 N–H and O–H groups in total. The summed E-state index contributed by atoms with van der Waals surface area (Å²) in [5.74, 6) is -1.89. The lowest BCUT2D eigenvalue weighted by Crippen LogP contribution is -2.04. The molecule has 0 aromatic heterocycles. The second-order valence-electron chi connectivity index (χ2n) is 3.85. The zero-order valence-electron chi connectivity index (χ0n) is 10.7. The third-order valence-corrected chi connectivity index (χ3v) is 3.01. The molecule has 0 bridgehead atoms. The highest BCUT2D eigenvalue weighted by atomic mass is 79.9. The van der Waals surface area contributed by atoms with E-state index in [0.717, 1.165) is 0 Å². The third-order valence-electron chi connectivity index (χ3n) is 2.40. The highest BCUT2D eigenvalue weighted by molar-refractivity contribution is 9.10. The monoisotopic (exact) mass is 332 g/mol. The average Bonchev–Trinajstić information content (AvgIpc) is 2.37. The predicted octanol–water partition coefficient (Wildman–Crippen LogP) is 3.13. The Morgan fingerprint density at radius 1 is 1.42 bits per heavy atom. The molecule has 1 rings (SSSR count). The number of benzene rings is 1. The summed E-state index contributed by atoms with van der Waals surface area (Å²) in [7, 11) is 1.56. The molecule has 1 aromatic rings. The first kappa shape index (κ1) is 15.8. The van der Waals surface area contributed by atoms with Gasteiger partial charge < -0.3 is 10.5 Å². The van der Waals surface area contributed by atoms with Crippen molar-refractivity contribution in [3.05, 3.63) is 39.5 Å². The maximum absolute atomic E-state index is 13.9. The predicted molar refractivity (Wildman–Crippen MR) is 76.1 cm³/mol. The van der Waals surface area contributed by atoms with E-state index in [1.165, 1.54) is 18.3 Å². The summed E-state index contributed by atoms with van der Waals surface area (Å²) in [4.78, 5) is 4.06. The Bertz CT molecular complexity index is 512. The Morgan fingerprint density at radius 2 is 2.11 bits per heavy atom. The SMILES string of the molecule is COCCN=C/C(=C(/C)N)c1ccc(Br)c(F)c1F. The Morgan fingerprint density at radius 3 is 2.68 bits per heavy atom. The van der Waals surface area contributed by atoms with Crippen molar-refractivity contribution in [3.8, 4) is 0 Å². The highest BCUT2D eigenvalue weighted by Gasteiger charge is 2.15. The van der Waals surface area contributed by atoms with E-state index in [1.807, 2.05) is 0 Å². The van der Waals surface area contributed by atoms with Crippen molar-refractivity contribution in [3.63, 3.8) is 0 Å². The van der Waals surface area contributed by atoms with Crippen molar-refractivity contribution in [2.75, 3.05) is 20.3 Å². The fourth-order valence-electron chi connectivity index (χ4n) is 1.42. The molecule has 0 aliphatic heterocycles. The van der Waals surface area contributed by atoms with Gasteiger partial charge in [-0.3, -0.25) is 4.99 Å². The molecule has 0 radical (unpaired) electrons. The molecule has 3 nitrogen and oxygen atoms in total. The van der Waals surface area contributed by atoms with Crippen LogP contribution in [0, 0.1) is 11.6 Å². The van der Waals surface area contributed by atoms with E-state index >= 15 is 0 Å². The fraction of sp³-hybridized carbons (Fsp3) is 0.308. The van der Waals surface area contributed by atoms with Crippen LogP contribution in [0.3, 0.4) is 0 Å². The minimum atomic E-state index is -0.952. The number of aliphatic imine (C=N–C) groups is 1. The smallest absolute Gasteiger partial charge is 0.173 e. The van der Waals surface area contributed by atoms with Crippen LogP contribution in [-0.2, 0) is 4.74 Å². The third kappa shape index (κ3) is 4.11. The Hall–Kier alpha value is -1.27. The van der Waals surface area contributed by atoms with E-state index in [4.69, 9.17) is 10.5 Å². The van der Waals surface area contributed by atoms with E-state index < -0.39 is 11.6 Å². The number of hydrogen-bond donors (Lipinski definition) is 1. The second-order valence-corrected chi connectivity index (χ2v) is 4.70. The number of ether oxygens (including phenoxy) is 1. The fourth-order valence-corrected chi connectivity index (χ4v) is 1.72. The standard InChI is InChI=1S/C13H15BrF2N2O/c1-8(17)10(7-18-5-6-19-2)9-3-4-11(14)13(16)12(9)15/h3-4,7H,5-6,17H2,1-2H3/b10-8+,18-7?. The van der Waals surface area contributed by atoms with Gasteiger partial charge in [0.1, 0.15) is 0 Å². The second kappa shape index (κ2) is 7.35. The largest absolute Gasteiger partial charge is 0.402 e. The summed E-state index contributed by atoms with van der Waals surface area (Å²) in [5, 5.41) is 0. The molecular formula is C13H15BrF2N2O. The molecule has 6 heteroatoms. The number of allylic oxidation sites excluding steroid dienone is 2. The van der Waals surface area contributed by atoms with Gasteiger partial charge in [0.15, 0.2) is 11.6 Å². The Kier molecular flexibility index (Phi) is 6.11. The van der Waals surface area contributed by atoms with Crippen LogP contribution >= 0.6 is 15.9 Å². The lowest BCUT2D eigenvalue weighted by molar-refractivity contribution is 0.208. The van der Waals surface area contributed by atoms with Gasteiger partial charge >= 0.3 is 0 Å². The van der Waals surface area contributed by atoms with Crippen LogP contribution in [0.4, 0.5) is 8.78 Å². The molecule has 0 atom stereocenters. The number of rotatable bonds is 5. The van der Waals surface area contributed by atoms with E-state index in [-0.39, 0.29) is 10.0 Å². The van der Waals surface area contributed by atoms with Gasteiger partial charge in [0.2, 0.25) is 0 Å². The maximum Gasteiger partial charge on any atom is 0.173 e. The van der Waals surface area contributed by atoms with Gasteiger partial charge in [-0.25, -0.2) is 8.78 Å². The van der Waals surface area contributed by atoms with Gasteiger partial charge in [0.25, 0.3) is 0 Å². The number of hydrogen-bond acceptors (Lipinski definition) is 3. The molecule has 1 aromatic carbocycles. The summed E-state index contributed by atoms with van der Waals surface area (Å²) in [6.45, 7) is 2.48. The first-order valence-corrected chi connectivity index (χ1v) is 6.37. The van der Waals surface area contributed by atoms with Gasteiger partial charge in [-0.1, -0.05) is 0 Å². The molecule has 0 amide bonds. The van der Waals surface area contributed by atoms with Gasteiger partial charge in [0, 0.05) is 30.2 Å². The Balaban J connectivity index is 3.12. The molecule has 104 valence electrons. The molecule has 19 heavy (non-hydrogen) atoms. The Labute approximate surface area is 119 Å². The van der Waals surface area contributed by atoms with E-state index in [2.05, 4.69) is 20.9 Å². The minimum Gasteiger partial charge on any atom is -0.402 e. The van der Waals surface area contributed by atoms with Crippen molar-refractivity contribution >= 4 is 27.7 Å². The molecule has 0 aliphatic carbocycles. The van der Waals surface area contributed by atoms with Gasteiger partial charge in [-0.2, -0.15) is 0 Å². The molecule has 0 spiro atoms. The van der Waals surface area contributed by atoms with Crippen molar-refractivity contribution in [2.45, 2.75) is 6.92 Å². The van der Waals surface area contributed by atoms with Gasteiger partial charge in [0.05, 0.1) is 17.6 Å². The van der Waals surface area contributed by atoms with Crippen LogP contribution in [0.1, 0.15) is 12.5 Å². The van der Waals surface area contributed by atoms with Crippen LogP contribution < -0.4 is 5.73 Å². The van der Waals surface area contributed by atoms with Crippen LogP contribution in [0.25, 0.3) is 5.57 Å². The lowest BCUT2D eigenvalue weighted by Gasteiger charge is -2.08. The molecule has 0 heterocycles. The number of halogens is 3. The normalized spacial score (nSPS) is 12.9. The van der Waals surface area contributed by atoms with Crippen LogP contribution in [0.5, 0.6) is 0 Å². The zero-order valence-corrected chi connectivity index (χ0v) is 12.3. The number of nitrogens with zero attached hydrogens (tertiary/aromatic N) is 1. The van der Waals surface area contributed by atoms with Gasteiger partial charge in [-0.15, -0.1) is 0 Å². The summed E-state index contributed by atoms with van der Waals surface area (Å²) in [6, 6.07) is 2.89. The topological polar surface area (TPSA) is 47.6 Å². The molecule has 0 fully saturated rings. The summed E-state index contributed by atoms with van der Waals surface area (Å²) < 4.78 is 32.3. The molecule has 0 saturated heterocycles. The van der Waals surface area contributed by atoms with Crippen molar-refractivity contribution in [2.24, 2.45) is 10.7 Å². The quantitative estimate of drug-likeness (QED) is 0.511. The van der Waals surface area contributed by atoms with Crippen molar-refractivity contribution in [1.82, 2.24) is 0 Å². The van der Waals surface area contributed by atoms with Gasteiger partial charge in [-0.05, 0) is 35.0 Å². The number of nitrogens with two attached hydrogens (primary N) is 1. The van der Waals surface area contributed by atoms with E-state index in [9.17, 15) is 8.78 Å². The van der Waals surface area contributed by atoms with E-state index in [1.54, 1.807) is 14.0 Å². The summed E-state index contributed by atoms with van der Waals surface area (Å²) in [5.41, 5.74) is 6.51. The first-order chi connectivity index (χ1) is 8.99. The van der Waals surface area contributed by atoms with E-state index in [0.29, 0.717) is 24.4 Å². The van der Waals surface area contributed by atoms with Crippen LogP contribution in [-0.4, -0.2) is 26.5 Å². The molecular weight excluding hydrogens is 318 g/mol. The summed E-state index contributed by atoms with van der Waals surface area (Å²) >= 11 is 2.93. The maximum atomic E-state index is 13.9. The highest BCUT2D eigenvalue weighted by Crippen LogP contribution is 2.26. The number of methoxy groups -OCH3 is 1. The average molecular weight is 333 g/mol. The minimum absolute atomic E-state index is 0.0686. The molecule has 0 unspecified atom stereocenters.